The average molecular weight is 295 g/mol. The van der Waals surface area contributed by atoms with Crippen molar-refractivity contribution in [3.05, 3.63) is 29.6 Å². The maximum Gasteiger partial charge on any atom is 0.329 e. The van der Waals surface area contributed by atoms with Crippen LogP contribution in [-0.2, 0) is 4.79 Å². The van der Waals surface area contributed by atoms with E-state index in [9.17, 15) is 24.2 Å². The second-order valence-corrected chi connectivity index (χ2v) is 5.54. The molecule has 2 atom stereocenters. The van der Waals surface area contributed by atoms with Gasteiger partial charge in [0.05, 0.1) is 5.56 Å². The molecule has 0 spiro atoms. The van der Waals surface area contributed by atoms with Crippen LogP contribution in [-0.4, -0.2) is 27.6 Å². The number of carboxylic acids is 1. The van der Waals surface area contributed by atoms with Gasteiger partial charge in [0.25, 0.3) is 5.91 Å². The van der Waals surface area contributed by atoms with Crippen molar-refractivity contribution < 1.29 is 24.2 Å². The number of amides is 1. The van der Waals surface area contributed by atoms with Crippen LogP contribution in [0.1, 0.15) is 43.0 Å². The van der Waals surface area contributed by atoms with E-state index in [-0.39, 0.29) is 11.5 Å². The van der Waals surface area contributed by atoms with E-state index in [1.54, 1.807) is 6.92 Å². The van der Waals surface area contributed by atoms with E-state index in [1.165, 1.54) is 0 Å². The van der Waals surface area contributed by atoms with Crippen LogP contribution in [0.3, 0.4) is 0 Å². The van der Waals surface area contributed by atoms with E-state index in [0.717, 1.165) is 24.6 Å². The summed E-state index contributed by atoms with van der Waals surface area (Å²) in [6.45, 7) is 1.79. The lowest BCUT2D eigenvalue weighted by Gasteiger charge is -2.39. The summed E-state index contributed by atoms with van der Waals surface area (Å²) in [7, 11) is 0. The third-order valence-corrected chi connectivity index (χ3v) is 4.22. The third-order valence-electron chi connectivity index (χ3n) is 4.22. The molecular formula is C15H18FNO4. The normalized spacial score (nSPS) is 25.3. The number of carbonyl (C=O) groups excluding carboxylic acids is 1. The van der Waals surface area contributed by atoms with Gasteiger partial charge in [0.15, 0.2) is 0 Å². The lowest BCUT2D eigenvalue weighted by Crippen LogP contribution is -2.60. The Morgan fingerprint density at radius 1 is 1.38 bits per heavy atom. The fraction of sp³-hybridized carbons (Fsp3) is 0.467. The highest BCUT2D eigenvalue weighted by Gasteiger charge is 2.46. The molecule has 1 aliphatic carbocycles. The number of hydrogen-bond acceptors (Lipinski definition) is 3. The van der Waals surface area contributed by atoms with Gasteiger partial charge in [0, 0.05) is 6.07 Å². The minimum Gasteiger partial charge on any atom is -0.507 e. The Morgan fingerprint density at radius 3 is 2.67 bits per heavy atom. The van der Waals surface area contributed by atoms with Gasteiger partial charge in [-0.25, -0.2) is 9.18 Å². The standard InChI is InChI=1S/C15H18FNO4/c1-9-4-2-3-7-15(9,14(20)21)17-13(19)11-6-5-10(16)8-12(11)18/h5-6,8-9,18H,2-4,7H2,1H3,(H,17,19)(H,20,21). The lowest BCUT2D eigenvalue weighted by molar-refractivity contribution is -0.148. The van der Waals surface area contributed by atoms with Crippen LogP contribution in [0.25, 0.3) is 0 Å². The molecule has 0 aromatic heterocycles. The SMILES string of the molecule is CC1CCCCC1(NC(=O)c1ccc(F)cc1O)C(=O)O. The number of carboxylic acid groups (broad SMARTS) is 1. The lowest BCUT2D eigenvalue weighted by atomic mass is 9.73. The number of nitrogens with one attached hydrogen (secondary N) is 1. The molecule has 1 saturated carbocycles. The molecule has 0 bridgehead atoms. The zero-order valence-electron chi connectivity index (χ0n) is 11.7. The second kappa shape index (κ2) is 5.71. The van der Waals surface area contributed by atoms with Gasteiger partial charge in [-0.05, 0) is 30.9 Å². The first kappa shape index (κ1) is 15.3. The van der Waals surface area contributed by atoms with Gasteiger partial charge < -0.3 is 15.5 Å². The fourth-order valence-electron chi connectivity index (χ4n) is 2.87. The first-order valence-corrected chi connectivity index (χ1v) is 6.91. The Morgan fingerprint density at radius 2 is 2.10 bits per heavy atom. The molecule has 6 heteroatoms. The molecule has 5 nitrogen and oxygen atoms in total. The van der Waals surface area contributed by atoms with Crippen molar-refractivity contribution >= 4 is 11.9 Å². The van der Waals surface area contributed by atoms with Gasteiger partial charge in [-0.15, -0.1) is 0 Å². The molecule has 2 rings (SSSR count). The third kappa shape index (κ3) is 2.84. The van der Waals surface area contributed by atoms with E-state index in [2.05, 4.69) is 5.32 Å². The molecule has 114 valence electrons. The maximum atomic E-state index is 12.9. The van der Waals surface area contributed by atoms with Gasteiger partial charge in [-0.3, -0.25) is 4.79 Å². The summed E-state index contributed by atoms with van der Waals surface area (Å²) in [5, 5.41) is 21.7. The molecule has 1 fully saturated rings. The minimum atomic E-state index is -1.34. The van der Waals surface area contributed by atoms with Crippen molar-refractivity contribution in [2.24, 2.45) is 5.92 Å². The molecule has 0 radical (unpaired) electrons. The zero-order valence-corrected chi connectivity index (χ0v) is 11.7. The molecular weight excluding hydrogens is 277 g/mol. The highest BCUT2D eigenvalue weighted by Crippen LogP contribution is 2.34. The van der Waals surface area contributed by atoms with E-state index in [4.69, 9.17) is 0 Å². The van der Waals surface area contributed by atoms with Gasteiger partial charge in [0.1, 0.15) is 17.1 Å². The summed E-state index contributed by atoms with van der Waals surface area (Å²) in [5.41, 5.74) is -1.47. The van der Waals surface area contributed by atoms with Crippen molar-refractivity contribution in [3.8, 4) is 5.75 Å². The topological polar surface area (TPSA) is 86.6 Å². The van der Waals surface area contributed by atoms with E-state index >= 15 is 0 Å². The second-order valence-electron chi connectivity index (χ2n) is 5.54. The van der Waals surface area contributed by atoms with Gasteiger partial charge in [-0.2, -0.15) is 0 Å². The van der Waals surface area contributed by atoms with Gasteiger partial charge in [0.2, 0.25) is 0 Å². The van der Waals surface area contributed by atoms with Crippen molar-refractivity contribution in [1.29, 1.82) is 0 Å². The molecule has 0 heterocycles. The smallest absolute Gasteiger partial charge is 0.329 e. The molecule has 1 amide bonds. The number of benzene rings is 1. The summed E-state index contributed by atoms with van der Waals surface area (Å²) in [6.07, 6.45) is 2.69. The summed E-state index contributed by atoms with van der Waals surface area (Å²) < 4.78 is 12.9. The van der Waals surface area contributed by atoms with Crippen molar-refractivity contribution in [3.63, 3.8) is 0 Å². The number of halogens is 1. The highest BCUT2D eigenvalue weighted by molar-refractivity contribution is 6.00. The number of phenolic OH excluding ortho intramolecular Hbond substituents is 1. The predicted molar refractivity (Wildman–Crippen MR) is 73.5 cm³/mol. The maximum absolute atomic E-state index is 12.9. The summed E-state index contributed by atoms with van der Waals surface area (Å²) in [5.74, 6) is -3.16. The predicted octanol–water partition coefficient (Wildman–Crippen LogP) is 2.29. The molecule has 0 saturated heterocycles. The van der Waals surface area contributed by atoms with Crippen molar-refractivity contribution in [2.75, 3.05) is 0 Å². The van der Waals surface area contributed by atoms with Crippen LogP contribution < -0.4 is 5.32 Å². The van der Waals surface area contributed by atoms with E-state index in [1.807, 2.05) is 0 Å². The molecule has 1 aromatic carbocycles. The monoisotopic (exact) mass is 295 g/mol. The molecule has 1 aromatic rings. The number of aromatic hydroxyl groups is 1. The van der Waals surface area contributed by atoms with Crippen LogP contribution in [0.2, 0.25) is 0 Å². The Labute approximate surface area is 121 Å². The molecule has 3 N–H and O–H groups in total. The summed E-state index contributed by atoms with van der Waals surface area (Å²) >= 11 is 0. The summed E-state index contributed by atoms with van der Waals surface area (Å²) in [6, 6.07) is 3.02. The average Bonchev–Trinajstić information content (AvgIpc) is 2.41. The molecule has 0 aliphatic heterocycles. The highest BCUT2D eigenvalue weighted by atomic mass is 19.1. The molecule has 21 heavy (non-hydrogen) atoms. The van der Waals surface area contributed by atoms with Crippen LogP contribution in [0.5, 0.6) is 5.75 Å². The Balaban J connectivity index is 2.28. The Kier molecular flexibility index (Phi) is 4.16. The number of aliphatic carboxylic acids is 1. The molecule has 1 aliphatic rings. The number of hydrogen-bond donors (Lipinski definition) is 3. The minimum absolute atomic E-state index is 0.130. The van der Waals surface area contributed by atoms with Crippen molar-refractivity contribution in [1.82, 2.24) is 5.32 Å². The van der Waals surface area contributed by atoms with E-state index < -0.39 is 29.0 Å². The van der Waals surface area contributed by atoms with Crippen molar-refractivity contribution in [2.45, 2.75) is 38.1 Å². The number of rotatable bonds is 3. The first-order valence-electron chi connectivity index (χ1n) is 6.91. The zero-order chi connectivity index (χ0) is 15.6. The number of carbonyl (C=O) groups is 2. The van der Waals surface area contributed by atoms with Crippen LogP contribution >= 0.6 is 0 Å². The van der Waals surface area contributed by atoms with E-state index in [0.29, 0.717) is 19.3 Å². The van der Waals surface area contributed by atoms with Gasteiger partial charge in [-0.1, -0.05) is 19.8 Å². The van der Waals surface area contributed by atoms with Crippen LogP contribution in [0.15, 0.2) is 18.2 Å². The molecule has 2 unspecified atom stereocenters. The summed E-state index contributed by atoms with van der Waals surface area (Å²) in [4.78, 5) is 23.9. The van der Waals surface area contributed by atoms with Gasteiger partial charge >= 0.3 is 5.97 Å². The first-order chi connectivity index (χ1) is 9.86. The Hall–Kier alpha value is -2.11. The fourth-order valence-corrected chi connectivity index (χ4v) is 2.87. The Bertz CT molecular complexity index is 575. The quantitative estimate of drug-likeness (QED) is 0.798. The number of phenols is 1. The van der Waals surface area contributed by atoms with Crippen LogP contribution in [0, 0.1) is 11.7 Å². The van der Waals surface area contributed by atoms with Crippen LogP contribution in [0.4, 0.5) is 4.39 Å². The largest absolute Gasteiger partial charge is 0.507 e.